The molecular weight excluding hydrogens is 281 g/mol. The van der Waals surface area contributed by atoms with E-state index in [4.69, 9.17) is 4.74 Å². The van der Waals surface area contributed by atoms with Crippen molar-refractivity contribution in [3.63, 3.8) is 0 Å². The Hall–Kier alpha value is -1.82. The standard InChI is InChI=1S/C14H16FNO3S/c15-10-5-7-11(8-6-10)19-9-3-1-2-4-12-13(17)16-14(18)20-12/h5-8,17H,1-4,9H2,(H,16,18). The van der Waals surface area contributed by atoms with Crippen LogP contribution in [0, 0.1) is 5.82 Å². The number of H-pyrrole nitrogens is 1. The molecule has 20 heavy (non-hydrogen) atoms. The van der Waals surface area contributed by atoms with Crippen molar-refractivity contribution in [2.45, 2.75) is 25.7 Å². The predicted octanol–water partition coefficient (Wildman–Crippen LogP) is 3.07. The highest BCUT2D eigenvalue weighted by Crippen LogP contribution is 2.18. The molecule has 1 aromatic heterocycles. The molecule has 2 aromatic rings. The van der Waals surface area contributed by atoms with Crippen molar-refractivity contribution in [1.82, 2.24) is 4.98 Å². The molecule has 0 amide bonds. The lowest BCUT2D eigenvalue weighted by molar-refractivity contribution is 0.305. The number of unbranched alkanes of at least 4 members (excludes halogenated alkanes) is 2. The molecule has 0 spiro atoms. The molecule has 4 nitrogen and oxygen atoms in total. The number of ether oxygens (including phenoxy) is 1. The fourth-order valence-electron chi connectivity index (χ4n) is 1.81. The lowest BCUT2D eigenvalue weighted by atomic mass is 10.2. The number of thiazole rings is 1. The number of halogens is 1. The molecule has 1 heterocycles. The summed E-state index contributed by atoms with van der Waals surface area (Å²) >= 11 is 1.05. The Balaban J connectivity index is 1.61. The van der Waals surface area contributed by atoms with E-state index in [9.17, 15) is 14.3 Å². The van der Waals surface area contributed by atoms with Crippen LogP contribution in [0.4, 0.5) is 4.39 Å². The summed E-state index contributed by atoms with van der Waals surface area (Å²) in [7, 11) is 0. The Kier molecular flexibility index (Phi) is 5.17. The number of hydrogen-bond donors (Lipinski definition) is 2. The van der Waals surface area contributed by atoms with Crippen LogP contribution >= 0.6 is 11.3 Å². The number of rotatable bonds is 7. The fraction of sp³-hybridized carbons (Fsp3) is 0.357. The zero-order valence-electron chi connectivity index (χ0n) is 10.9. The number of aromatic amines is 1. The van der Waals surface area contributed by atoms with Gasteiger partial charge in [-0.15, -0.1) is 0 Å². The van der Waals surface area contributed by atoms with E-state index in [0.717, 1.165) is 30.6 Å². The maximum Gasteiger partial charge on any atom is 0.307 e. The Morgan fingerprint density at radius 2 is 1.95 bits per heavy atom. The van der Waals surface area contributed by atoms with Crippen molar-refractivity contribution in [2.24, 2.45) is 0 Å². The van der Waals surface area contributed by atoms with Gasteiger partial charge in [0.05, 0.1) is 11.5 Å². The molecule has 2 rings (SSSR count). The van der Waals surface area contributed by atoms with Gasteiger partial charge in [-0.05, 0) is 49.9 Å². The largest absolute Gasteiger partial charge is 0.494 e. The highest BCUT2D eigenvalue weighted by atomic mass is 32.1. The quantitative estimate of drug-likeness (QED) is 0.772. The van der Waals surface area contributed by atoms with E-state index >= 15 is 0 Å². The minimum atomic E-state index is -0.275. The topological polar surface area (TPSA) is 62.3 Å². The van der Waals surface area contributed by atoms with Crippen molar-refractivity contribution in [3.05, 3.63) is 44.6 Å². The molecule has 6 heteroatoms. The van der Waals surface area contributed by atoms with Crippen LogP contribution < -0.4 is 9.61 Å². The van der Waals surface area contributed by atoms with Crippen LogP contribution in [0.1, 0.15) is 24.1 Å². The molecule has 0 saturated carbocycles. The number of hydrogen-bond acceptors (Lipinski definition) is 4. The summed E-state index contributed by atoms with van der Waals surface area (Å²) in [6, 6.07) is 5.94. The summed E-state index contributed by atoms with van der Waals surface area (Å²) in [6.45, 7) is 0.570. The second-order valence-corrected chi connectivity index (χ2v) is 5.47. The summed E-state index contributed by atoms with van der Waals surface area (Å²) in [5, 5.41) is 9.40. The predicted molar refractivity (Wildman–Crippen MR) is 76.1 cm³/mol. The van der Waals surface area contributed by atoms with E-state index < -0.39 is 0 Å². The van der Waals surface area contributed by atoms with E-state index in [1.165, 1.54) is 12.1 Å². The van der Waals surface area contributed by atoms with Gasteiger partial charge in [0, 0.05) is 0 Å². The smallest absolute Gasteiger partial charge is 0.307 e. The minimum absolute atomic E-state index is 0.0115. The molecule has 0 aliphatic carbocycles. The second kappa shape index (κ2) is 7.09. The van der Waals surface area contributed by atoms with Crippen LogP contribution in [0.3, 0.4) is 0 Å². The van der Waals surface area contributed by atoms with Gasteiger partial charge < -0.3 is 9.84 Å². The van der Waals surface area contributed by atoms with Gasteiger partial charge in [0.1, 0.15) is 11.6 Å². The minimum Gasteiger partial charge on any atom is -0.494 e. The van der Waals surface area contributed by atoms with Gasteiger partial charge in [0.25, 0.3) is 0 Å². The molecule has 0 bridgehead atoms. The molecule has 0 aliphatic heterocycles. The Bertz CT molecular complexity index is 591. The number of aromatic nitrogens is 1. The highest BCUT2D eigenvalue weighted by molar-refractivity contribution is 7.09. The molecule has 1 aromatic carbocycles. The molecule has 0 fully saturated rings. The maximum absolute atomic E-state index is 12.7. The van der Waals surface area contributed by atoms with Crippen molar-refractivity contribution in [1.29, 1.82) is 0 Å². The van der Waals surface area contributed by atoms with Gasteiger partial charge in [-0.2, -0.15) is 0 Å². The first-order chi connectivity index (χ1) is 9.65. The van der Waals surface area contributed by atoms with Crippen LogP contribution in [0.2, 0.25) is 0 Å². The van der Waals surface area contributed by atoms with Crippen LogP contribution in [0.5, 0.6) is 11.6 Å². The SMILES string of the molecule is O=c1[nH]c(O)c(CCCCCOc2ccc(F)cc2)s1. The first-order valence-corrected chi connectivity index (χ1v) is 7.26. The van der Waals surface area contributed by atoms with Crippen molar-refractivity contribution >= 4 is 11.3 Å². The van der Waals surface area contributed by atoms with E-state index in [2.05, 4.69) is 4.98 Å². The van der Waals surface area contributed by atoms with Gasteiger partial charge >= 0.3 is 4.87 Å². The van der Waals surface area contributed by atoms with Crippen LogP contribution in [-0.2, 0) is 6.42 Å². The van der Waals surface area contributed by atoms with Crippen LogP contribution in [0.25, 0.3) is 0 Å². The first kappa shape index (κ1) is 14.6. The third-order valence-electron chi connectivity index (χ3n) is 2.83. The van der Waals surface area contributed by atoms with Gasteiger partial charge in [0.2, 0.25) is 5.88 Å². The van der Waals surface area contributed by atoms with E-state index in [1.807, 2.05) is 0 Å². The first-order valence-electron chi connectivity index (χ1n) is 6.44. The lowest BCUT2D eigenvalue weighted by Crippen LogP contribution is -1.97. The molecular formula is C14H16FNO3S. The number of aromatic hydroxyl groups is 1. The zero-order chi connectivity index (χ0) is 14.4. The Labute approximate surface area is 119 Å². The summed E-state index contributed by atoms with van der Waals surface area (Å²) < 4.78 is 18.1. The molecule has 108 valence electrons. The monoisotopic (exact) mass is 297 g/mol. The number of benzene rings is 1. The Morgan fingerprint density at radius 1 is 1.20 bits per heavy atom. The number of nitrogens with one attached hydrogen (secondary N) is 1. The summed E-state index contributed by atoms with van der Waals surface area (Å²) in [5.74, 6) is 0.373. The summed E-state index contributed by atoms with van der Waals surface area (Å²) in [5.41, 5.74) is 0. The van der Waals surface area contributed by atoms with Gasteiger partial charge in [0.15, 0.2) is 0 Å². The van der Waals surface area contributed by atoms with Gasteiger partial charge in [-0.3, -0.25) is 9.78 Å². The molecule has 0 aliphatic rings. The van der Waals surface area contributed by atoms with E-state index in [0.29, 0.717) is 23.7 Å². The van der Waals surface area contributed by atoms with Gasteiger partial charge in [-0.25, -0.2) is 4.39 Å². The van der Waals surface area contributed by atoms with Crippen molar-refractivity contribution < 1.29 is 14.2 Å². The summed E-state index contributed by atoms with van der Waals surface area (Å²) in [6.07, 6.45) is 3.38. The zero-order valence-corrected chi connectivity index (χ0v) is 11.7. The molecule has 0 saturated heterocycles. The van der Waals surface area contributed by atoms with Crippen LogP contribution in [0.15, 0.2) is 29.1 Å². The van der Waals surface area contributed by atoms with E-state index in [1.54, 1.807) is 12.1 Å². The molecule has 0 atom stereocenters. The lowest BCUT2D eigenvalue weighted by Gasteiger charge is -2.05. The van der Waals surface area contributed by atoms with E-state index in [-0.39, 0.29) is 16.6 Å². The number of aryl methyl sites for hydroxylation is 1. The fourth-order valence-corrected chi connectivity index (χ4v) is 2.57. The molecule has 2 N–H and O–H groups in total. The summed E-state index contributed by atoms with van der Waals surface area (Å²) in [4.78, 5) is 13.8. The average Bonchev–Trinajstić information content (AvgIpc) is 2.74. The third-order valence-corrected chi connectivity index (χ3v) is 3.76. The highest BCUT2D eigenvalue weighted by Gasteiger charge is 2.05. The van der Waals surface area contributed by atoms with Crippen molar-refractivity contribution in [3.8, 4) is 11.6 Å². The third kappa shape index (κ3) is 4.38. The normalized spacial score (nSPS) is 10.7. The van der Waals surface area contributed by atoms with Crippen LogP contribution in [-0.4, -0.2) is 16.7 Å². The van der Waals surface area contributed by atoms with Gasteiger partial charge in [-0.1, -0.05) is 11.3 Å². The molecule has 0 unspecified atom stereocenters. The Morgan fingerprint density at radius 3 is 2.60 bits per heavy atom. The molecule has 0 radical (unpaired) electrons. The van der Waals surface area contributed by atoms with Crippen molar-refractivity contribution in [2.75, 3.05) is 6.61 Å². The maximum atomic E-state index is 12.7. The average molecular weight is 297 g/mol. The second-order valence-electron chi connectivity index (χ2n) is 4.40.